The van der Waals surface area contributed by atoms with Gasteiger partial charge in [0, 0.05) is 26.4 Å². The van der Waals surface area contributed by atoms with Gasteiger partial charge >= 0.3 is 0 Å². The van der Waals surface area contributed by atoms with E-state index in [1.807, 2.05) is 0 Å². The lowest BCUT2D eigenvalue weighted by atomic mass is 10.4. The highest BCUT2D eigenvalue weighted by Crippen LogP contribution is 2.23. The van der Waals surface area contributed by atoms with Crippen molar-refractivity contribution >= 4 is 33.5 Å². The van der Waals surface area contributed by atoms with Crippen molar-refractivity contribution in [1.29, 1.82) is 0 Å². The number of carbonyl (C=O) groups is 1. The predicted octanol–water partition coefficient (Wildman–Crippen LogP) is 1.75. The molecule has 1 amide bonds. The monoisotopic (exact) mass is 370 g/mol. The number of carbonyl (C=O) groups excluding carboxylic acids is 1. The molecule has 0 saturated heterocycles. The van der Waals surface area contributed by atoms with Crippen LogP contribution < -0.4 is 5.32 Å². The number of aryl methyl sites for hydroxylation is 1. The van der Waals surface area contributed by atoms with Crippen LogP contribution in [0.3, 0.4) is 0 Å². The first-order chi connectivity index (χ1) is 11.2. The highest BCUT2D eigenvalue weighted by atomic mass is 32.2. The predicted molar refractivity (Wildman–Crippen MR) is 90.3 cm³/mol. The molecule has 8 nitrogen and oxygen atoms in total. The lowest BCUT2D eigenvalue weighted by molar-refractivity contribution is -0.115. The number of aromatic nitrogens is 2. The Morgan fingerprint density at radius 1 is 1.38 bits per heavy atom. The number of nitrogens with zero attached hydrogens (tertiary/aromatic N) is 3. The molecule has 0 aliphatic carbocycles. The molecule has 10 heteroatoms. The Bertz CT molecular complexity index is 816. The molecule has 2 aromatic rings. The maximum atomic E-state index is 12.1. The van der Waals surface area contributed by atoms with Gasteiger partial charge in [-0.3, -0.25) is 4.79 Å². The van der Waals surface area contributed by atoms with Gasteiger partial charge in [-0.05, 0) is 26.0 Å². The molecule has 0 unspecified atom stereocenters. The third-order valence-electron chi connectivity index (χ3n) is 3.03. The van der Waals surface area contributed by atoms with Gasteiger partial charge in [0.25, 0.3) is 0 Å². The smallest absolute Gasteiger partial charge is 0.244 e. The molecule has 2 rings (SSSR count). The summed E-state index contributed by atoms with van der Waals surface area (Å²) in [6.45, 7) is 3.45. The van der Waals surface area contributed by atoms with Crippen LogP contribution in [0.15, 0.2) is 38.8 Å². The maximum absolute atomic E-state index is 12.1. The molecule has 1 atom stereocenters. The van der Waals surface area contributed by atoms with E-state index in [1.165, 1.54) is 38.1 Å². The summed E-state index contributed by atoms with van der Waals surface area (Å²) in [6, 6.07) is 4.66. The first-order valence-electron chi connectivity index (χ1n) is 6.99. The maximum Gasteiger partial charge on any atom is 0.244 e. The lowest BCUT2D eigenvalue weighted by Crippen LogP contribution is -2.23. The van der Waals surface area contributed by atoms with Crippen molar-refractivity contribution < 1.29 is 17.7 Å². The zero-order chi connectivity index (χ0) is 17.9. The van der Waals surface area contributed by atoms with Crippen molar-refractivity contribution in [3.8, 4) is 0 Å². The molecule has 0 radical (unpaired) electrons. The Hall–Kier alpha value is -1.91. The second-order valence-electron chi connectivity index (χ2n) is 5.19. The Morgan fingerprint density at radius 2 is 2.08 bits per heavy atom. The SMILES string of the molecule is Cc1cc(NC(=O)[C@@H](C)Sc2ccc(S(=O)(=O)N(C)C)cn2)no1. The van der Waals surface area contributed by atoms with Crippen LogP contribution in [0.1, 0.15) is 12.7 Å². The van der Waals surface area contributed by atoms with E-state index < -0.39 is 15.3 Å². The average molecular weight is 370 g/mol. The summed E-state index contributed by atoms with van der Waals surface area (Å²) < 4.78 is 30.0. The minimum absolute atomic E-state index is 0.104. The first kappa shape index (κ1) is 18.4. The summed E-state index contributed by atoms with van der Waals surface area (Å²) in [5.41, 5.74) is 0. The third kappa shape index (κ3) is 4.34. The van der Waals surface area contributed by atoms with Gasteiger partial charge in [-0.15, -0.1) is 0 Å². The summed E-state index contributed by atoms with van der Waals surface area (Å²) in [4.78, 5) is 16.3. The van der Waals surface area contributed by atoms with E-state index in [4.69, 9.17) is 4.52 Å². The fraction of sp³-hybridized carbons (Fsp3) is 0.357. The van der Waals surface area contributed by atoms with Crippen molar-refractivity contribution in [3.05, 3.63) is 30.2 Å². The van der Waals surface area contributed by atoms with Crippen molar-refractivity contribution in [1.82, 2.24) is 14.4 Å². The summed E-state index contributed by atoms with van der Waals surface area (Å²) in [6.07, 6.45) is 1.28. The summed E-state index contributed by atoms with van der Waals surface area (Å²) in [7, 11) is -0.604. The van der Waals surface area contributed by atoms with E-state index in [1.54, 1.807) is 26.0 Å². The van der Waals surface area contributed by atoms with Crippen LogP contribution in [0.5, 0.6) is 0 Å². The van der Waals surface area contributed by atoms with E-state index in [0.717, 1.165) is 4.31 Å². The zero-order valence-electron chi connectivity index (χ0n) is 13.7. The Balaban J connectivity index is 2.01. The van der Waals surface area contributed by atoms with Gasteiger partial charge in [0.15, 0.2) is 5.82 Å². The van der Waals surface area contributed by atoms with E-state index in [9.17, 15) is 13.2 Å². The molecular formula is C14H18N4O4S2. The Kier molecular flexibility index (Phi) is 5.62. The van der Waals surface area contributed by atoms with Crippen LogP contribution in [-0.4, -0.2) is 48.1 Å². The number of nitrogens with one attached hydrogen (secondary N) is 1. The molecule has 1 N–H and O–H groups in total. The summed E-state index contributed by atoms with van der Waals surface area (Å²) >= 11 is 1.22. The van der Waals surface area contributed by atoms with E-state index in [-0.39, 0.29) is 10.8 Å². The molecule has 130 valence electrons. The molecule has 24 heavy (non-hydrogen) atoms. The van der Waals surface area contributed by atoms with Gasteiger partial charge in [-0.25, -0.2) is 17.7 Å². The molecule has 2 aromatic heterocycles. The van der Waals surface area contributed by atoms with Crippen LogP contribution in [0.2, 0.25) is 0 Å². The minimum atomic E-state index is -3.51. The Morgan fingerprint density at radius 3 is 2.58 bits per heavy atom. The Labute approximate surface area is 144 Å². The molecule has 0 spiro atoms. The third-order valence-corrected chi connectivity index (χ3v) is 5.88. The second-order valence-corrected chi connectivity index (χ2v) is 8.70. The van der Waals surface area contributed by atoms with E-state index in [0.29, 0.717) is 16.6 Å². The van der Waals surface area contributed by atoms with Crippen LogP contribution in [0, 0.1) is 6.92 Å². The van der Waals surface area contributed by atoms with Gasteiger partial charge in [-0.1, -0.05) is 16.9 Å². The average Bonchev–Trinajstić information content (AvgIpc) is 2.92. The topological polar surface area (TPSA) is 105 Å². The number of anilines is 1. The van der Waals surface area contributed by atoms with E-state index >= 15 is 0 Å². The molecule has 0 aliphatic heterocycles. The molecule has 0 saturated carbocycles. The van der Waals surface area contributed by atoms with Crippen molar-refractivity contribution in [2.24, 2.45) is 0 Å². The molecule has 0 fully saturated rings. The summed E-state index contributed by atoms with van der Waals surface area (Å²) in [5.74, 6) is 0.704. The number of thioether (sulfide) groups is 1. The normalized spacial score (nSPS) is 13.0. The standard InChI is InChI=1S/C14H18N4O4S2/c1-9-7-12(17-22-9)16-14(19)10(2)23-13-6-5-11(8-15-13)24(20,21)18(3)4/h5-8,10H,1-4H3,(H,16,17,19)/t10-/m1/s1. The number of hydrogen-bond donors (Lipinski definition) is 1. The molecule has 0 aromatic carbocycles. The van der Waals surface area contributed by atoms with E-state index in [2.05, 4.69) is 15.5 Å². The van der Waals surface area contributed by atoms with Gasteiger partial charge in [-0.2, -0.15) is 0 Å². The van der Waals surface area contributed by atoms with Crippen LogP contribution in [0.25, 0.3) is 0 Å². The van der Waals surface area contributed by atoms with Crippen molar-refractivity contribution in [2.75, 3.05) is 19.4 Å². The van der Waals surface area contributed by atoms with Crippen molar-refractivity contribution in [2.45, 2.75) is 29.0 Å². The number of hydrogen-bond acceptors (Lipinski definition) is 7. The van der Waals surface area contributed by atoms with Crippen molar-refractivity contribution in [3.63, 3.8) is 0 Å². The summed E-state index contributed by atoms with van der Waals surface area (Å²) in [5, 5.41) is 6.44. The fourth-order valence-electron chi connectivity index (χ4n) is 1.69. The fourth-order valence-corrected chi connectivity index (χ4v) is 3.32. The highest BCUT2D eigenvalue weighted by molar-refractivity contribution is 8.00. The lowest BCUT2D eigenvalue weighted by Gasteiger charge is -2.12. The molecule has 0 bridgehead atoms. The first-order valence-corrected chi connectivity index (χ1v) is 9.31. The van der Waals surface area contributed by atoms with Gasteiger partial charge in [0.2, 0.25) is 15.9 Å². The number of rotatable bonds is 6. The molecule has 2 heterocycles. The zero-order valence-corrected chi connectivity index (χ0v) is 15.3. The van der Waals surface area contributed by atoms with Gasteiger partial charge in [0.1, 0.15) is 10.7 Å². The van der Waals surface area contributed by atoms with Crippen LogP contribution >= 0.6 is 11.8 Å². The largest absolute Gasteiger partial charge is 0.360 e. The number of sulfonamides is 1. The molecule has 0 aliphatic rings. The second kappa shape index (κ2) is 7.32. The minimum Gasteiger partial charge on any atom is -0.360 e. The molecular weight excluding hydrogens is 352 g/mol. The number of amides is 1. The number of pyridine rings is 1. The van der Waals surface area contributed by atoms with Crippen LogP contribution in [0.4, 0.5) is 5.82 Å². The van der Waals surface area contributed by atoms with Gasteiger partial charge in [0.05, 0.1) is 10.3 Å². The highest BCUT2D eigenvalue weighted by Gasteiger charge is 2.19. The van der Waals surface area contributed by atoms with Crippen LogP contribution in [-0.2, 0) is 14.8 Å². The van der Waals surface area contributed by atoms with Gasteiger partial charge < -0.3 is 9.84 Å². The quantitative estimate of drug-likeness (QED) is 0.772.